The molecule has 0 aromatic carbocycles. The maximum Gasteiger partial charge on any atom is 0.0132 e. The fourth-order valence-electron chi connectivity index (χ4n) is 2.92. The molecule has 2 atom stereocenters. The van der Waals surface area contributed by atoms with Crippen LogP contribution in [0.5, 0.6) is 0 Å². The SMILES string of the molecule is CN1CC2CC(C)(N)CC2C1. The molecule has 1 aliphatic carbocycles. The minimum atomic E-state index is 0.149. The lowest BCUT2D eigenvalue weighted by Gasteiger charge is -2.20. The highest BCUT2D eigenvalue weighted by Gasteiger charge is 2.43. The summed E-state index contributed by atoms with van der Waals surface area (Å²) in [7, 11) is 2.21. The first kappa shape index (κ1) is 7.56. The van der Waals surface area contributed by atoms with Gasteiger partial charge < -0.3 is 10.6 Å². The van der Waals surface area contributed by atoms with Gasteiger partial charge in [-0.3, -0.25) is 0 Å². The quantitative estimate of drug-likeness (QED) is 0.556. The van der Waals surface area contributed by atoms with E-state index in [1.54, 1.807) is 0 Å². The van der Waals surface area contributed by atoms with Gasteiger partial charge in [0.2, 0.25) is 0 Å². The van der Waals surface area contributed by atoms with E-state index in [0.717, 1.165) is 11.8 Å². The number of hydrogen-bond donors (Lipinski definition) is 1. The molecule has 2 unspecified atom stereocenters. The average molecular weight is 154 g/mol. The summed E-state index contributed by atoms with van der Waals surface area (Å²) in [6, 6.07) is 0. The molecule has 1 aliphatic heterocycles. The van der Waals surface area contributed by atoms with E-state index in [2.05, 4.69) is 18.9 Å². The van der Waals surface area contributed by atoms with Crippen molar-refractivity contribution in [2.75, 3.05) is 20.1 Å². The molecule has 0 amide bonds. The summed E-state index contributed by atoms with van der Waals surface area (Å²) in [4.78, 5) is 2.44. The van der Waals surface area contributed by atoms with E-state index in [9.17, 15) is 0 Å². The molecule has 1 saturated heterocycles. The summed E-state index contributed by atoms with van der Waals surface area (Å²) in [5.41, 5.74) is 6.24. The van der Waals surface area contributed by atoms with Gasteiger partial charge in [0.05, 0.1) is 0 Å². The summed E-state index contributed by atoms with van der Waals surface area (Å²) in [5.74, 6) is 1.80. The lowest BCUT2D eigenvalue weighted by molar-refractivity contribution is 0.340. The number of hydrogen-bond acceptors (Lipinski definition) is 2. The fourth-order valence-corrected chi connectivity index (χ4v) is 2.92. The fraction of sp³-hybridized carbons (Fsp3) is 1.00. The van der Waals surface area contributed by atoms with E-state index in [1.807, 2.05) is 0 Å². The van der Waals surface area contributed by atoms with Crippen LogP contribution >= 0.6 is 0 Å². The van der Waals surface area contributed by atoms with E-state index in [-0.39, 0.29) is 5.54 Å². The summed E-state index contributed by atoms with van der Waals surface area (Å²) in [6.45, 7) is 4.75. The predicted octanol–water partition coefficient (Wildman–Crippen LogP) is 0.675. The molecule has 0 aromatic rings. The van der Waals surface area contributed by atoms with Crippen LogP contribution in [0.15, 0.2) is 0 Å². The molecule has 64 valence electrons. The van der Waals surface area contributed by atoms with Gasteiger partial charge in [-0.2, -0.15) is 0 Å². The number of nitrogens with two attached hydrogens (primary N) is 1. The number of fused-ring (bicyclic) bond motifs is 1. The maximum atomic E-state index is 6.09. The van der Waals surface area contributed by atoms with Crippen molar-refractivity contribution in [3.63, 3.8) is 0 Å². The molecule has 2 heteroatoms. The zero-order chi connectivity index (χ0) is 8.06. The van der Waals surface area contributed by atoms with Crippen LogP contribution in [0.1, 0.15) is 19.8 Å². The molecule has 11 heavy (non-hydrogen) atoms. The highest BCUT2D eigenvalue weighted by molar-refractivity contribution is 4.99. The van der Waals surface area contributed by atoms with Crippen molar-refractivity contribution in [3.8, 4) is 0 Å². The largest absolute Gasteiger partial charge is 0.325 e. The van der Waals surface area contributed by atoms with E-state index in [4.69, 9.17) is 5.73 Å². The molecule has 2 N–H and O–H groups in total. The van der Waals surface area contributed by atoms with Crippen molar-refractivity contribution in [2.45, 2.75) is 25.3 Å². The summed E-state index contributed by atoms with van der Waals surface area (Å²) < 4.78 is 0. The molecule has 0 spiro atoms. The molecular formula is C9H18N2. The molecule has 1 saturated carbocycles. The van der Waals surface area contributed by atoms with Gasteiger partial charge in [0.25, 0.3) is 0 Å². The number of likely N-dealkylation sites (tertiary alicyclic amines) is 1. The first-order valence-electron chi connectivity index (χ1n) is 4.54. The molecule has 0 aromatic heterocycles. The Bertz CT molecular complexity index is 149. The maximum absolute atomic E-state index is 6.09. The Morgan fingerprint density at radius 1 is 1.27 bits per heavy atom. The van der Waals surface area contributed by atoms with Gasteiger partial charge in [-0.05, 0) is 38.6 Å². The van der Waals surface area contributed by atoms with Crippen LogP contribution in [-0.4, -0.2) is 30.6 Å². The minimum absolute atomic E-state index is 0.149. The number of nitrogens with zero attached hydrogens (tertiary/aromatic N) is 1. The second kappa shape index (κ2) is 2.20. The van der Waals surface area contributed by atoms with Crippen molar-refractivity contribution in [1.82, 2.24) is 4.90 Å². The Morgan fingerprint density at radius 2 is 1.73 bits per heavy atom. The molecular weight excluding hydrogens is 136 g/mol. The van der Waals surface area contributed by atoms with E-state index >= 15 is 0 Å². The van der Waals surface area contributed by atoms with Crippen molar-refractivity contribution in [1.29, 1.82) is 0 Å². The van der Waals surface area contributed by atoms with Crippen LogP contribution in [0.25, 0.3) is 0 Å². The predicted molar refractivity (Wildman–Crippen MR) is 46.3 cm³/mol. The van der Waals surface area contributed by atoms with Crippen LogP contribution < -0.4 is 5.73 Å². The lowest BCUT2D eigenvalue weighted by atomic mass is 10.0. The summed E-state index contributed by atoms with van der Waals surface area (Å²) in [6.07, 6.45) is 2.48. The van der Waals surface area contributed by atoms with Crippen LogP contribution in [0.3, 0.4) is 0 Å². The topological polar surface area (TPSA) is 29.3 Å². The standard InChI is InChI=1S/C9H18N2/c1-9(10)3-7-5-11(2)6-8(7)4-9/h7-8H,3-6,10H2,1-2H3. The van der Waals surface area contributed by atoms with Gasteiger partial charge in [-0.1, -0.05) is 0 Å². The molecule has 2 rings (SSSR count). The van der Waals surface area contributed by atoms with Gasteiger partial charge in [-0.15, -0.1) is 0 Å². The van der Waals surface area contributed by atoms with Crippen molar-refractivity contribution in [3.05, 3.63) is 0 Å². The first-order valence-corrected chi connectivity index (χ1v) is 4.54. The van der Waals surface area contributed by atoms with Crippen molar-refractivity contribution >= 4 is 0 Å². The molecule has 1 heterocycles. The summed E-state index contributed by atoms with van der Waals surface area (Å²) >= 11 is 0. The van der Waals surface area contributed by atoms with Gasteiger partial charge >= 0.3 is 0 Å². The molecule has 2 aliphatic rings. The highest BCUT2D eigenvalue weighted by Crippen LogP contribution is 2.41. The smallest absolute Gasteiger partial charge is 0.0132 e. The monoisotopic (exact) mass is 154 g/mol. The Labute approximate surface area is 68.7 Å². The zero-order valence-electron chi connectivity index (χ0n) is 7.51. The van der Waals surface area contributed by atoms with Crippen LogP contribution in [0.2, 0.25) is 0 Å². The Kier molecular flexibility index (Phi) is 1.52. The van der Waals surface area contributed by atoms with Crippen molar-refractivity contribution in [2.24, 2.45) is 17.6 Å². The second-order valence-corrected chi connectivity index (χ2v) is 4.80. The van der Waals surface area contributed by atoms with Gasteiger partial charge in [0, 0.05) is 18.6 Å². The molecule has 0 bridgehead atoms. The van der Waals surface area contributed by atoms with E-state index < -0.39 is 0 Å². The zero-order valence-corrected chi connectivity index (χ0v) is 7.51. The van der Waals surface area contributed by atoms with Crippen molar-refractivity contribution < 1.29 is 0 Å². The first-order chi connectivity index (χ1) is 5.07. The summed E-state index contributed by atoms with van der Waals surface area (Å²) in [5, 5.41) is 0. The van der Waals surface area contributed by atoms with Gasteiger partial charge in [0.15, 0.2) is 0 Å². The molecule has 2 nitrogen and oxygen atoms in total. The Morgan fingerprint density at radius 3 is 2.18 bits per heavy atom. The third-order valence-electron chi connectivity index (χ3n) is 3.22. The Balaban J connectivity index is 2.04. The second-order valence-electron chi connectivity index (χ2n) is 4.80. The molecule has 2 fully saturated rings. The van der Waals surface area contributed by atoms with Crippen LogP contribution in [-0.2, 0) is 0 Å². The highest BCUT2D eigenvalue weighted by atomic mass is 15.1. The molecule has 0 radical (unpaired) electrons. The third-order valence-corrected chi connectivity index (χ3v) is 3.22. The average Bonchev–Trinajstić information content (AvgIpc) is 2.17. The minimum Gasteiger partial charge on any atom is -0.325 e. The third kappa shape index (κ3) is 1.30. The van der Waals surface area contributed by atoms with Crippen LogP contribution in [0.4, 0.5) is 0 Å². The van der Waals surface area contributed by atoms with Crippen LogP contribution in [0, 0.1) is 11.8 Å². The van der Waals surface area contributed by atoms with Gasteiger partial charge in [-0.25, -0.2) is 0 Å². The van der Waals surface area contributed by atoms with Gasteiger partial charge in [0.1, 0.15) is 0 Å². The number of rotatable bonds is 0. The van der Waals surface area contributed by atoms with E-state index in [0.29, 0.717) is 0 Å². The Hall–Kier alpha value is -0.0800. The van der Waals surface area contributed by atoms with E-state index in [1.165, 1.54) is 25.9 Å². The lowest BCUT2D eigenvalue weighted by Crippen LogP contribution is -2.34. The normalized spacial score (nSPS) is 51.5.